The first kappa shape index (κ1) is 35.8. The van der Waals surface area contributed by atoms with Crippen molar-refractivity contribution >= 4 is 34.1 Å². The number of hydrogen-bond donors (Lipinski definition) is 0. The fraction of sp³-hybridized carbons (Fsp3) is 0.222. The zero-order valence-electron chi connectivity index (χ0n) is 34.6. The lowest BCUT2D eigenvalue weighted by atomic mass is 9.72. The van der Waals surface area contributed by atoms with Gasteiger partial charge in [-0.25, -0.2) is 0 Å². The van der Waals surface area contributed by atoms with E-state index in [-0.39, 0.29) is 10.8 Å². The molecule has 2 aliphatic rings. The standard InChI is InChI=1S/C54H52N2/c1-33-11-19-39(20-12-33)55(40-21-13-34(2)14-22-40)43-29-37(5)49-45-27-28-46-50-38(6)30-44(32-48(50)54(9,10)52(46)51(45)53(7,8)47(49)31-43)56(41-23-15-35(3)16-24-41)42-25-17-36(4)18-26-42/h11-32H,1-10H3. The van der Waals surface area contributed by atoms with Gasteiger partial charge in [0.15, 0.2) is 0 Å². The highest BCUT2D eigenvalue weighted by Gasteiger charge is 2.47. The first-order chi connectivity index (χ1) is 26.7. The molecule has 9 rings (SSSR count). The summed E-state index contributed by atoms with van der Waals surface area (Å²) in [7, 11) is 0. The van der Waals surface area contributed by atoms with Gasteiger partial charge in [-0.05, 0) is 170 Å². The molecule has 0 bridgehead atoms. The molecule has 0 amide bonds. The Morgan fingerprint density at radius 1 is 0.321 bits per heavy atom. The van der Waals surface area contributed by atoms with Gasteiger partial charge in [-0.1, -0.05) is 111 Å². The highest BCUT2D eigenvalue weighted by atomic mass is 15.1. The van der Waals surface area contributed by atoms with E-state index in [1.54, 1.807) is 0 Å². The molecule has 0 atom stereocenters. The first-order valence-electron chi connectivity index (χ1n) is 20.1. The van der Waals surface area contributed by atoms with Crippen LogP contribution < -0.4 is 9.80 Å². The molecule has 2 nitrogen and oxygen atoms in total. The Hall–Kier alpha value is -5.86. The Morgan fingerprint density at radius 3 is 0.857 bits per heavy atom. The molecule has 0 unspecified atom stereocenters. The predicted octanol–water partition coefficient (Wildman–Crippen LogP) is 15.1. The molecule has 278 valence electrons. The number of benzene rings is 7. The predicted molar refractivity (Wildman–Crippen MR) is 239 cm³/mol. The minimum Gasteiger partial charge on any atom is -0.310 e. The molecule has 0 radical (unpaired) electrons. The lowest BCUT2D eigenvalue weighted by molar-refractivity contribution is 0.601. The van der Waals surface area contributed by atoms with Gasteiger partial charge in [0.25, 0.3) is 0 Å². The molecule has 0 saturated carbocycles. The van der Waals surface area contributed by atoms with E-state index in [0.717, 1.165) is 0 Å². The Bertz CT molecular complexity index is 2380. The van der Waals surface area contributed by atoms with Gasteiger partial charge in [-0.15, -0.1) is 0 Å². The highest BCUT2D eigenvalue weighted by Crippen LogP contribution is 2.61. The lowest BCUT2D eigenvalue weighted by Crippen LogP contribution is -2.24. The Balaban J connectivity index is 1.19. The lowest BCUT2D eigenvalue weighted by Gasteiger charge is -2.32. The molecule has 0 fully saturated rings. The van der Waals surface area contributed by atoms with E-state index in [4.69, 9.17) is 0 Å². The summed E-state index contributed by atoms with van der Waals surface area (Å²) < 4.78 is 0. The second-order valence-corrected chi connectivity index (χ2v) is 17.5. The fourth-order valence-electron chi connectivity index (χ4n) is 9.75. The third kappa shape index (κ3) is 5.53. The molecule has 0 saturated heterocycles. The second-order valence-electron chi connectivity index (χ2n) is 17.5. The van der Waals surface area contributed by atoms with Gasteiger partial charge in [0.1, 0.15) is 0 Å². The van der Waals surface area contributed by atoms with E-state index < -0.39 is 0 Å². The molecule has 0 aliphatic heterocycles. The molecule has 0 aromatic heterocycles. The maximum atomic E-state index is 2.48. The summed E-state index contributed by atoms with van der Waals surface area (Å²) in [6.45, 7) is 23.1. The van der Waals surface area contributed by atoms with Crippen LogP contribution in [0.1, 0.15) is 83.3 Å². The van der Waals surface area contributed by atoms with Crippen molar-refractivity contribution < 1.29 is 0 Å². The minimum atomic E-state index is -0.213. The normalized spacial score (nSPS) is 14.2. The molecule has 0 N–H and O–H groups in total. The van der Waals surface area contributed by atoms with Crippen LogP contribution in [-0.4, -0.2) is 0 Å². The van der Waals surface area contributed by atoms with Gasteiger partial charge in [0.05, 0.1) is 0 Å². The molecule has 7 aromatic carbocycles. The minimum absolute atomic E-state index is 0.213. The van der Waals surface area contributed by atoms with Crippen LogP contribution in [0, 0.1) is 41.5 Å². The maximum Gasteiger partial charge on any atom is 0.0467 e. The highest BCUT2D eigenvalue weighted by molar-refractivity contribution is 5.95. The summed E-state index contributed by atoms with van der Waals surface area (Å²) in [5.74, 6) is 0. The summed E-state index contributed by atoms with van der Waals surface area (Å²) in [4.78, 5) is 4.85. The van der Waals surface area contributed by atoms with Crippen molar-refractivity contribution in [2.24, 2.45) is 0 Å². The van der Waals surface area contributed by atoms with E-state index in [0.29, 0.717) is 0 Å². The average Bonchev–Trinajstić information content (AvgIpc) is 3.54. The van der Waals surface area contributed by atoms with Crippen LogP contribution in [0.15, 0.2) is 133 Å². The summed E-state index contributed by atoms with van der Waals surface area (Å²) in [5, 5.41) is 0. The third-order valence-electron chi connectivity index (χ3n) is 12.7. The molecule has 0 spiro atoms. The van der Waals surface area contributed by atoms with Gasteiger partial charge in [0.2, 0.25) is 0 Å². The van der Waals surface area contributed by atoms with E-state index in [1.165, 1.54) is 112 Å². The number of rotatable bonds is 6. The number of nitrogens with zero attached hydrogens (tertiary/aromatic N) is 2. The van der Waals surface area contributed by atoms with Crippen LogP contribution in [0.25, 0.3) is 22.3 Å². The average molecular weight is 729 g/mol. The fourth-order valence-corrected chi connectivity index (χ4v) is 9.75. The quantitative estimate of drug-likeness (QED) is 0.168. The summed E-state index contributed by atoms with van der Waals surface area (Å²) in [6.07, 6.45) is 0. The monoisotopic (exact) mass is 728 g/mol. The summed E-state index contributed by atoms with van der Waals surface area (Å²) in [5.41, 5.74) is 25.6. The largest absolute Gasteiger partial charge is 0.310 e. The van der Waals surface area contributed by atoms with Crippen molar-refractivity contribution in [1.29, 1.82) is 0 Å². The van der Waals surface area contributed by atoms with Crippen LogP contribution in [0.2, 0.25) is 0 Å². The van der Waals surface area contributed by atoms with E-state index >= 15 is 0 Å². The van der Waals surface area contributed by atoms with Crippen LogP contribution >= 0.6 is 0 Å². The smallest absolute Gasteiger partial charge is 0.0467 e. The van der Waals surface area contributed by atoms with Crippen LogP contribution in [0.3, 0.4) is 0 Å². The zero-order chi connectivity index (χ0) is 39.3. The van der Waals surface area contributed by atoms with Crippen LogP contribution in [-0.2, 0) is 10.8 Å². The Morgan fingerprint density at radius 2 is 0.589 bits per heavy atom. The Kier molecular flexibility index (Phi) is 8.22. The zero-order valence-corrected chi connectivity index (χ0v) is 34.6. The van der Waals surface area contributed by atoms with Gasteiger partial charge >= 0.3 is 0 Å². The maximum absolute atomic E-state index is 2.48. The van der Waals surface area contributed by atoms with E-state index in [2.05, 4.69) is 212 Å². The molecule has 2 heteroatoms. The van der Waals surface area contributed by atoms with Gasteiger partial charge in [-0.2, -0.15) is 0 Å². The third-order valence-corrected chi connectivity index (χ3v) is 12.7. The topological polar surface area (TPSA) is 6.48 Å². The molecule has 7 aromatic rings. The number of hydrogen-bond acceptors (Lipinski definition) is 2. The van der Waals surface area contributed by atoms with Gasteiger partial charge in [-0.3, -0.25) is 0 Å². The van der Waals surface area contributed by atoms with E-state index in [1.807, 2.05) is 0 Å². The molecular formula is C54H52N2. The van der Waals surface area contributed by atoms with Crippen molar-refractivity contribution in [2.75, 3.05) is 9.80 Å². The van der Waals surface area contributed by atoms with Gasteiger partial charge < -0.3 is 9.80 Å². The van der Waals surface area contributed by atoms with Crippen molar-refractivity contribution in [3.8, 4) is 22.3 Å². The summed E-state index contributed by atoms with van der Waals surface area (Å²) in [6, 6.07) is 50.3. The molecule has 0 heterocycles. The van der Waals surface area contributed by atoms with Crippen molar-refractivity contribution in [3.05, 3.63) is 189 Å². The van der Waals surface area contributed by atoms with Crippen molar-refractivity contribution in [3.63, 3.8) is 0 Å². The van der Waals surface area contributed by atoms with Crippen molar-refractivity contribution in [2.45, 2.75) is 80.1 Å². The number of aryl methyl sites for hydroxylation is 6. The number of fused-ring (bicyclic) bond motifs is 7. The molecule has 56 heavy (non-hydrogen) atoms. The SMILES string of the molecule is Cc1ccc(N(c2ccc(C)cc2)c2cc(C)c3c(c2)C(C)(C)c2c-3ccc3c2C(C)(C)c2cc(N(c4ccc(C)cc4)c4ccc(C)cc4)cc(C)c2-3)cc1. The summed E-state index contributed by atoms with van der Waals surface area (Å²) >= 11 is 0. The van der Waals surface area contributed by atoms with E-state index in [9.17, 15) is 0 Å². The van der Waals surface area contributed by atoms with Gasteiger partial charge in [0, 0.05) is 45.0 Å². The van der Waals surface area contributed by atoms with Crippen molar-refractivity contribution in [1.82, 2.24) is 0 Å². The Labute approximate surface area is 334 Å². The molecular weight excluding hydrogens is 677 g/mol. The molecule has 2 aliphatic carbocycles. The first-order valence-corrected chi connectivity index (χ1v) is 20.1. The number of anilines is 6. The van der Waals surface area contributed by atoms with Crippen LogP contribution in [0.4, 0.5) is 34.1 Å². The van der Waals surface area contributed by atoms with Crippen LogP contribution in [0.5, 0.6) is 0 Å². The second kappa shape index (κ2) is 12.8.